The van der Waals surface area contributed by atoms with Gasteiger partial charge in [-0.1, -0.05) is 30.7 Å². The number of aromatic nitrogens is 2. The van der Waals surface area contributed by atoms with Gasteiger partial charge in [-0.3, -0.25) is 0 Å². The molecule has 3 aromatic rings. The van der Waals surface area contributed by atoms with Gasteiger partial charge in [0.15, 0.2) is 0 Å². The average Bonchev–Trinajstić information content (AvgIpc) is 2.91. The van der Waals surface area contributed by atoms with Gasteiger partial charge >= 0.3 is 0 Å². The van der Waals surface area contributed by atoms with Crippen molar-refractivity contribution in [2.75, 3.05) is 0 Å². The van der Waals surface area contributed by atoms with Gasteiger partial charge in [0.05, 0.1) is 0 Å². The summed E-state index contributed by atoms with van der Waals surface area (Å²) in [6.45, 7) is 2.34. The van der Waals surface area contributed by atoms with Crippen molar-refractivity contribution < 1.29 is 0 Å². The molecule has 0 spiro atoms. The fourth-order valence-corrected chi connectivity index (χ4v) is 5.73. The number of rotatable bonds is 3. The van der Waals surface area contributed by atoms with Crippen molar-refractivity contribution in [3.63, 3.8) is 0 Å². The Bertz CT molecular complexity index is 859. The molecular formula is C18H17ClN2S2. The maximum atomic E-state index is 6.08. The maximum absolute atomic E-state index is 6.08. The third-order valence-electron chi connectivity index (χ3n) is 4.32. The molecule has 0 saturated carbocycles. The Balaban J connectivity index is 1.67. The minimum atomic E-state index is 0.783. The van der Waals surface area contributed by atoms with Crippen LogP contribution in [0.4, 0.5) is 0 Å². The number of nitrogens with zero attached hydrogens (tertiary/aromatic N) is 2. The van der Waals surface area contributed by atoms with E-state index in [0.717, 1.165) is 33.0 Å². The molecule has 0 N–H and O–H groups in total. The molecule has 1 aromatic carbocycles. The van der Waals surface area contributed by atoms with E-state index in [2.05, 4.69) is 23.0 Å². The van der Waals surface area contributed by atoms with Gasteiger partial charge in [0.2, 0.25) is 0 Å². The second-order valence-electron chi connectivity index (χ2n) is 6.13. The molecule has 1 aliphatic rings. The first-order valence-electron chi connectivity index (χ1n) is 7.83. The number of aryl methyl sites for hydroxylation is 1. The van der Waals surface area contributed by atoms with Gasteiger partial charge in [-0.05, 0) is 48.4 Å². The molecule has 0 saturated heterocycles. The minimum Gasteiger partial charge on any atom is -0.229 e. The third-order valence-corrected chi connectivity index (χ3v) is 6.78. The number of fused-ring (bicyclic) bond motifs is 3. The summed E-state index contributed by atoms with van der Waals surface area (Å²) in [7, 11) is 0. The van der Waals surface area contributed by atoms with Gasteiger partial charge in [0, 0.05) is 21.0 Å². The largest absolute Gasteiger partial charge is 0.229 e. The molecule has 0 unspecified atom stereocenters. The highest BCUT2D eigenvalue weighted by Gasteiger charge is 2.23. The molecule has 4 rings (SSSR count). The Morgan fingerprint density at radius 2 is 2.26 bits per heavy atom. The van der Waals surface area contributed by atoms with Crippen LogP contribution in [-0.4, -0.2) is 9.97 Å². The molecule has 2 aromatic heterocycles. The predicted octanol–water partition coefficient (Wildman–Crippen LogP) is 5.76. The summed E-state index contributed by atoms with van der Waals surface area (Å²) in [5.74, 6) is 1.67. The van der Waals surface area contributed by atoms with Gasteiger partial charge < -0.3 is 0 Å². The van der Waals surface area contributed by atoms with E-state index < -0.39 is 0 Å². The van der Waals surface area contributed by atoms with Gasteiger partial charge in [-0.15, -0.1) is 23.1 Å². The van der Waals surface area contributed by atoms with Crippen LogP contribution < -0.4 is 0 Å². The molecule has 0 bridgehead atoms. The summed E-state index contributed by atoms with van der Waals surface area (Å²) >= 11 is 9.72. The monoisotopic (exact) mass is 360 g/mol. The first kappa shape index (κ1) is 15.4. The number of thioether (sulfide) groups is 1. The number of benzene rings is 1. The smallest absolute Gasteiger partial charge is 0.128 e. The van der Waals surface area contributed by atoms with Crippen LogP contribution in [-0.2, 0) is 18.6 Å². The summed E-state index contributed by atoms with van der Waals surface area (Å²) < 4.78 is 0. The molecule has 1 atom stereocenters. The zero-order valence-electron chi connectivity index (χ0n) is 12.9. The number of halogens is 1. The Labute approximate surface area is 149 Å². The summed E-state index contributed by atoms with van der Waals surface area (Å²) in [4.78, 5) is 11.7. The Morgan fingerprint density at radius 1 is 1.35 bits per heavy atom. The van der Waals surface area contributed by atoms with Crippen molar-refractivity contribution in [1.82, 2.24) is 9.97 Å². The molecule has 5 heteroatoms. The van der Waals surface area contributed by atoms with Crippen LogP contribution in [0.25, 0.3) is 10.2 Å². The van der Waals surface area contributed by atoms with Crippen LogP contribution in [0.15, 0.2) is 35.6 Å². The summed E-state index contributed by atoms with van der Waals surface area (Å²) in [5, 5.41) is 3.20. The Kier molecular flexibility index (Phi) is 4.31. The minimum absolute atomic E-state index is 0.783. The van der Waals surface area contributed by atoms with E-state index in [9.17, 15) is 0 Å². The van der Waals surface area contributed by atoms with Crippen LogP contribution in [0.3, 0.4) is 0 Å². The van der Waals surface area contributed by atoms with E-state index >= 15 is 0 Å². The van der Waals surface area contributed by atoms with Crippen molar-refractivity contribution in [2.24, 2.45) is 5.92 Å². The van der Waals surface area contributed by atoms with Gasteiger partial charge in [0.1, 0.15) is 16.2 Å². The number of hydrogen-bond acceptors (Lipinski definition) is 4. The van der Waals surface area contributed by atoms with E-state index in [4.69, 9.17) is 11.6 Å². The van der Waals surface area contributed by atoms with Crippen LogP contribution in [0.1, 0.15) is 29.3 Å². The Morgan fingerprint density at radius 3 is 3.13 bits per heavy atom. The SMILES string of the molecule is C[C@@H]1CCc2c(sc3ncnc(SCc4cccc(Cl)c4)c23)C1. The van der Waals surface area contributed by atoms with E-state index in [1.54, 1.807) is 18.1 Å². The van der Waals surface area contributed by atoms with E-state index in [1.165, 1.54) is 34.2 Å². The van der Waals surface area contributed by atoms with Crippen molar-refractivity contribution in [3.05, 3.63) is 51.6 Å². The molecule has 0 radical (unpaired) electrons. The Hall–Kier alpha value is -1.10. The molecule has 2 nitrogen and oxygen atoms in total. The molecule has 23 heavy (non-hydrogen) atoms. The normalized spacial score (nSPS) is 17.4. The second kappa shape index (κ2) is 6.42. The zero-order chi connectivity index (χ0) is 15.8. The van der Waals surface area contributed by atoms with Crippen LogP contribution in [0.5, 0.6) is 0 Å². The molecular weight excluding hydrogens is 344 g/mol. The molecule has 0 aliphatic heterocycles. The highest BCUT2D eigenvalue weighted by molar-refractivity contribution is 7.98. The van der Waals surface area contributed by atoms with Gasteiger partial charge in [0.25, 0.3) is 0 Å². The molecule has 0 fully saturated rings. The predicted molar refractivity (Wildman–Crippen MR) is 99.6 cm³/mol. The average molecular weight is 361 g/mol. The molecule has 118 valence electrons. The van der Waals surface area contributed by atoms with E-state index in [-0.39, 0.29) is 0 Å². The van der Waals surface area contributed by atoms with Crippen LogP contribution >= 0.6 is 34.7 Å². The fraction of sp³-hybridized carbons (Fsp3) is 0.333. The van der Waals surface area contributed by atoms with Crippen molar-refractivity contribution in [3.8, 4) is 0 Å². The second-order valence-corrected chi connectivity index (χ2v) is 8.61. The molecule has 0 amide bonds. The topological polar surface area (TPSA) is 25.8 Å². The summed E-state index contributed by atoms with van der Waals surface area (Å²) in [6, 6.07) is 8.05. The van der Waals surface area contributed by atoms with Gasteiger partial charge in [-0.25, -0.2) is 9.97 Å². The fourth-order valence-electron chi connectivity index (χ4n) is 3.13. The lowest BCUT2D eigenvalue weighted by Gasteiger charge is -2.18. The molecule has 2 heterocycles. The lowest BCUT2D eigenvalue weighted by Crippen LogP contribution is -2.08. The van der Waals surface area contributed by atoms with E-state index in [0.29, 0.717) is 0 Å². The zero-order valence-corrected chi connectivity index (χ0v) is 15.3. The lowest BCUT2D eigenvalue weighted by molar-refractivity contribution is 0.509. The standard InChI is InChI=1S/C18H17ClN2S2/c1-11-5-6-14-15(7-11)23-18-16(14)17(20-10-21-18)22-9-12-3-2-4-13(19)8-12/h2-4,8,10-11H,5-7,9H2,1H3/t11-/m1/s1. The van der Waals surface area contributed by atoms with Crippen molar-refractivity contribution >= 4 is 44.9 Å². The van der Waals surface area contributed by atoms with Gasteiger partial charge in [-0.2, -0.15) is 0 Å². The quantitative estimate of drug-likeness (QED) is 0.438. The highest BCUT2D eigenvalue weighted by atomic mass is 35.5. The van der Waals surface area contributed by atoms with Crippen LogP contribution in [0.2, 0.25) is 5.02 Å². The first-order chi connectivity index (χ1) is 11.2. The summed E-state index contributed by atoms with van der Waals surface area (Å²) in [5.41, 5.74) is 2.73. The third kappa shape index (κ3) is 3.12. The van der Waals surface area contributed by atoms with Crippen molar-refractivity contribution in [2.45, 2.75) is 37.0 Å². The molecule has 1 aliphatic carbocycles. The van der Waals surface area contributed by atoms with Crippen molar-refractivity contribution in [1.29, 1.82) is 0 Å². The lowest BCUT2D eigenvalue weighted by atomic mass is 9.89. The van der Waals surface area contributed by atoms with E-state index in [1.807, 2.05) is 29.5 Å². The maximum Gasteiger partial charge on any atom is 0.128 e. The first-order valence-corrected chi connectivity index (χ1v) is 10.0. The number of hydrogen-bond donors (Lipinski definition) is 0. The summed E-state index contributed by atoms with van der Waals surface area (Å²) in [6.07, 6.45) is 5.32. The van der Waals surface area contributed by atoms with Crippen LogP contribution in [0, 0.1) is 5.92 Å². The number of thiophene rings is 1. The highest BCUT2D eigenvalue weighted by Crippen LogP contribution is 2.41.